The SMILES string of the molecule is COc1cc2ccnc(O[C@H]3CN[C@H](C)C3)c2cc1Br. The first-order valence-electron chi connectivity index (χ1n) is 6.69. The first-order valence-corrected chi connectivity index (χ1v) is 7.49. The average molecular weight is 337 g/mol. The third-order valence-electron chi connectivity index (χ3n) is 3.59. The molecule has 2 aromatic rings. The summed E-state index contributed by atoms with van der Waals surface area (Å²) < 4.78 is 12.3. The van der Waals surface area contributed by atoms with Crippen molar-refractivity contribution in [3.05, 3.63) is 28.9 Å². The maximum atomic E-state index is 6.05. The predicted molar refractivity (Wildman–Crippen MR) is 82.5 cm³/mol. The van der Waals surface area contributed by atoms with Gasteiger partial charge < -0.3 is 14.8 Å². The molecule has 0 saturated carbocycles. The first-order chi connectivity index (χ1) is 9.67. The molecule has 4 nitrogen and oxygen atoms in total. The Morgan fingerprint density at radius 2 is 2.25 bits per heavy atom. The monoisotopic (exact) mass is 336 g/mol. The maximum absolute atomic E-state index is 6.05. The van der Waals surface area contributed by atoms with Gasteiger partial charge in [-0.1, -0.05) is 0 Å². The van der Waals surface area contributed by atoms with Crippen LogP contribution in [-0.2, 0) is 0 Å². The van der Waals surface area contributed by atoms with Gasteiger partial charge in [0.25, 0.3) is 0 Å². The van der Waals surface area contributed by atoms with E-state index >= 15 is 0 Å². The van der Waals surface area contributed by atoms with Crippen molar-refractivity contribution in [3.63, 3.8) is 0 Å². The number of pyridine rings is 1. The zero-order chi connectivity index (χ0) is 14.1. The van der Waals surface area contributed by atoms with Crippen molar-refractivity contribution in [2.45, 2.75) is 25.5 Å². The van der Waals surface area contributed by atoms with Gasteiger partial charge in [0.15, 0.2) is 0 Å². The van der Waals surface area contributed by atoms with E-state index in [1.807, 2.05) is 18.2 Å². The van der Waals surface area contributed by atoms with Crippen LogP contribution in [0.5, 0.6) is 11.6 Å². The van der Waals surface area contributed by atoms with Gasteiger partial charge in [0.05, 0.1) is 11.6 Å². The molecule has 1 N–H and O–H groups in total. The molecule has 5 heteroatoms. The Morgan fingerprint density at radius 1 is 1.40 bits per heavy atom. The van der Waals surface area contributed by atoms with Crippen LogP contribution >= 0.6 is 15.9 Å². The Bertz CT molecular complexity index is 633. The second kappa shape index (κ2) is 5.58. The fourth-order valence-electron chi connectivity index (χ4n) is 2.54. The lowest BCUT2D eigenvalue weighted by molar-refractivity contribution is 0.214. The predicted octanol–water partition coefficient (Wildman–Crippen LogP) is 3.14. The quantitative estimate of drug-likeness (QED) is 0.935. The van der Waals surface area contributed by atoms with Crippen molar-refractivity contribution in [1.29, 1.82) is 0 Å². The highest BCUT2D eigenvalue weighted by molar-refractivity contribution is 9.10. The third-order valence-corrected chi connectivity index (χ3v) is 4.21. The number of nitrogens with zero attached hydrogens (tertiary/aromatic N) is 1. The normalized spacial score (nSPS) is 22.1. The Hall–Kier alpha value is -1.33. The number of rotatable bonds is 3. The van der Waals surface area contributed by atoms with E-state index in [4.69, 9.17) is 9.47 Å². The highest BCUT2D eigenvalue weighted by atomic mass is 79.9. The van der Waals surface area contributed by atoms with Crippen LogP contribution in [0.3, 0.4) is 0 Å². The summed E-state index contributed by atoms with van der Waals surface area (Å²) in [5.41, 5.74) is 0. The molecule has 1 aromatic carbocycles. The van der Waals surface area contributed by atoms with Crippen molar-refractivity contribution < 1.29 is 9.47 Å². The molecule has 0 radical (unpaired) electrons. The van der Waals surface area contributed by atoms with Crippen LogP contribution < -0.4 is 14.8 Å². The molecular formula is C15H17BrN2O2. The molecular weight excluding hydrogens is 320 g/mol. The van der Waals surface area contributed by atoms with Gasteiger partial charge >= 0.3 is 0 Å². The largest absolute Gasteiger partial charge is 0.496 e. The van der Waals surface area contributed by atoms with Gasteiger partial charge in [-0.2, -0.15) is 0 Å². The summed E-state index contributed by atoms with van der Waals surface area (Å²) in [6.45, 7) is 3.04. The van der Waals surface area contributed by atoms with Crippen molar-refractivity contribution in [1.82, 2.24) is 10.3 Å². The highest BCUT2D eigenvalue weighted by Gasteiger charge is 2.23. The topological polar surface area (TPSA) is 43.4 Å². The fourth-order valence-corrected chi connectivity index (χ4v) is 3.04. The molecule has 0 bridgehead atoms. The Morgan fingerprint density at radius 3 is 2.95 bits per heavy atom. The third kappa shape index (κ3) is 2.60. The van der Waals surface area contributed by atoms with E-state index in [-0.39, 0.29) is 6.10 Å². The zero-order valence-corrected chi connectivity index (χ0v) is 13.1. The number of halogens is 1. The molecule has 3 rings (SSSR count). The molecule has 20 heavy (non-hydrogen) atoms. The van der Waals surface area contributed by atoms with Crippen LogP contribution in [0.4, 0.5) is 0 Å². The van der Waals surface area contributed by atoms with Crippen LogP contribution in [0.15, 0.2) is 28.9 Å². The molecule has 0 amide bonds. The number of methoxy groups -OCH3 is 1. The summed E-state index contributed by atoms with van der Waals surface area (Å²) in [6, 6.07) is 6.46. The van der Waals surface area contributed by atoms with E-state index in [1.165, 1.54) is 0 Å². The van der Waals surface area contributed by atoms with Crippen LogP contribution in [0.2, 0.25) is 0 Å². The van der Waals surface area contributed by atoms with Gasteiger partial charge in [-0.15, -0.1) is 0 Å². The second-order valence-electron chi connectivity index (χ2n) is 5.11. The number of benzene rings is 1. The summed E-state index contributed by atoms with van der Waals surface area (Å²) in [7, 11) is 1.66. The maximum Gasteiger partial charge on any atom is 0.221 e. The average Bonchev–Trinajstić information content (AvgIpc) is 2.84. The van der Waals surface area contributed by atoms with Crippen molar-refractivity contribution >= 4 is 26.7 Å². The Kier molecular flexibility index (Phi) is 3.81. The van der Waals surface area contributed by atoms with Crippen LogP contribution in [0.1, 0.15) is 13.3 Å². The number of ether oxygens (including phenoxy) is 2. The summed E-state index contributed by atoms with van der Waals surface area (Å²) in [4.78, 5) is 4.38. The number of fused-ring (bicyclic) bond motifs is 1. The first kappa shape index (κ1) is 13.6. The van der Waals surface area contributed by atoms with E-state index in [2.05, 4.69) is 33.2 Å². The molecule has 1 aliphatic rings. The molecule has 0 aliphatic carbocycles. The van der Waals surface area contributed by atoms with E-state index in [1.54, 1.807) is 13.3 Å². The number of hydrogen-bond donors (Lipinski definition) is 1. The summed E-state index contributed by atoms with van der Waals surface area (Å²) in [5, 5.41) is 5.45. The lowest BCUT2D eigenvalue weighted by Crippen LogP contribution is -2.21. The van der Waals surface area contributed by atoms with Crippen molar-refractivity contribution in [3.8, 4) is 11.6 Å². The van der Waals surface area contributed by atoms with Crippen LogP contribution in [0.25, 0.3) is 10.8 Å². The molecule has 0 unspecified atom stereocenters. The van der Waals surface area contributed by atoms with Gasteiger partial charge in [0.2, 0.25) is 5.88 Å². The van der Waals surface area contributed by atoms with E-state index in [0.717, 1.165) is 34.0 Å². The van der Waals surface area contributed by atoms with Crippen molar-refractivity contribution in [2.24, 2.45) is 0 Å². The number of aromatic nitrogens is 1. The van der Waals surface area contributed by atoms with Gasteiger partial charge in [-0.05, 0) is 46.4 Å². The van der Waals surface area contributed by atoms with E-state index in [9.17, 15) is 0 Å². The zero-order valence-electron chi connectivity index (χ0n) is 11.5. The molecule has 1 saturated heterocycles. The second-order valence-corrected chi connectivity index (χ2v) is 5.96. The fraction of sp³-hybridized carbons (Fsp3) is 0.400. The van der Waals surface area contributed by atoms with Gasteiger partial charge in [-0.25, -0.2) is 4.98 Å². The van der Waals surface area contributed by atoms with E-state index < -0.39 is 0 Å². The summed E-state index contributed by atoms with van der Waals surface area (Å²) >= 11 is 3.51. The molecule has 106 valence electrons. The molecule has 0 spiro atoms. The minimum atomic E-state index is 0.184. The smallest absolute Gasteiger partial charge is 0.221 e. The lowest BCUT2D eigenvalue weighted by Gasteiger charge is -2.14. The Labute approximate surface area is 126 Å². The number of hydrogen-bond acceptors (Lipinski definition) is 4. The number of nitrogens with one attached hydrogen (secondary N) is 1. The standard InChI is InChI=1S/C15H17BrN2O2/c1-9-5-11(8-18-9)20-15-12-7-13(16)14(19-2)6-10(12)3-4-17-15/h3-4,6-7,9,11,18H,5,8H2,1-2H3/t9-,11-/m1/s1. The van der Waals surface area contributed by atoms with Crippen molar-refractivity contribution in [2.75, 3.05) is 13.7 Å². The molecule has 1 fully saturated rings. The van der Waals surface area contributed by atoms with Crippen LogP contribution in [0, 0.1) is 0 Å². The summed E-state index contributed by atoms with van der Waals surface area (Å²) in [6.07, 6.45) is 2.97. The lowest BCUT2D eigenvalue weighted by atomic mass is 10.1. The van der Waals surface area contributed by atoms with E-state index in [0.29, 0.717) is 11.9 Å². The summed E-state index contributed by atoms with van der Waals surface area (Å²) in [5.74, 6) is 1.50. The van der Waals surface area contributed by atoms with Gasteiger partial charge in [0, 0.05) is 30.6 Å². The molecule has 1 aliphatic heterocycles. The van der Waals surface area contributed by atoms with Crippen LogP contribution in [-0.4, -0.2) is 30.8 Å². The highest BCUT2D eigenvalue weighted by Crippen LogP contribution is 2.34. The molecule has 2 atom stereocenters. The minimum absolute atomic E-state index is 0.184. The Balaban J connectivity index is 1.96. The minimum Gasteiger partial charge on any atom is -0.496 e. The van der Waals surface area contributed by atoms with Gasteiger partial charge in [0.1, 0.15) is 11.9 Å². The molecule has 1 aromatic heterocycles. The van der Waals surface area contributed by atoms with Gasteiger partial charge in [-0.3, -0.25) is 0 Å². The molecule has 2 heterocycles.